The molecular formula is C8H15N. The van der Waals surface area contributed by atoms with Gasteiger partial charge in [0.05, 0.1) is 0 Å². The first kappa shape index (κ1) is 6.81. The molecule has 1 atom stereocenters. The molecule has 0 bridgehead atoms. The van der Waals surface area contributed by atoms with E-state index >= 15 is 0 Å². The van der Waals surface area contributed by atoms with E-state index in [1.54, 1.807) is 0 Å². The molecule has 1 saturated heterocycles. The Morgan fingerprint density at radius 3 is 3.00 bits per heavy atom. The zero-order valence-electron chi connectivity index (χ0n) is 6.11. The van der Waals surface area contributed by atoms with Crippen LogP contribution in [0.2, 0.25) is 0 Å². The molecule has 52 valence electrons. The zero-order valence-corrected chi connectivity index (χ0v) is 6.11. The van der Waals surface area contributed by atoms with Gasteiger partial charge in [-0.3, -0.25) is 0 Å². The highest BCUT2D eigenvalue weighted by Crippen LogP contribution is 2.21. The summed E-state index contributed by atoms with van der Waals surface area (Å²) in [7, 11) is 0. The third-order valence-corrected chi connectivity index (χ3v) is 2.05. The van der Waals surface area contributed by atoms with Crippen LogP contribution in [-0.2, 0) is 0 Å². The lowest BCUT2D eigenvalue weighted by Gasteiger charge is -2.21. The molecule has 0 spiro atoms. The highest BCUT2D eigenvalue weighted by Gasteiger charge is 2.25. The van der Waals surface area contributed by atoms with Crippen molar-refractivity contribution >= 4 is 0 Å². The molecule has 0 aromatic heterocycles. The second-order valence-electron chi connectivity index (χ2n) is 3.08. The van der Waals surface area contributed by atoms with Crippen molar-refractivity contribution in [1.82, 2.24) is 5.32 Å². The fraction of sp³-hybridized carbons (Fsp3) is 0.750. The van der Waals surface area contributed by atoms with Gasteiger partial charge in [-0.05, 0) is 32.7 Å². The van der Waals surface area contributed by atoms with Crippen molar-refractivity contribution in [2.45, 2.75) is 31.7 Å². The standard InChI is InChI=1S/C8H15N/c1-3-5-8(2)6-4-7-9-8/h3,9H,1,4-7H2,2H3. The molecule has 0 aliphatic carbocycles. The number of hydrogen-bond acceptors (Lipinski definition) is 1. The quantitative estimate of drug-likeness (QED) is 0.554. The zero-order chi connectivity index (χ0) is 6.74. The molecule has 0 aromatic carbocycles. The maximum absolute atomic E-state index is 3.73. The van der Waals surface area contributed by atoms with Gasteiger partial charge in [-0.1, -0.05) is 6.08 Å². The Kier molecular flexibility index (Phi) is 1.91. The van der Waals surface area contributed by atoms with Crippen LogP contribution in [-0.4, -0.2) is 12.1 Å². The first-order valence-corrected chi connectivity index (χ1v) is 3.63. The normalized spacial score (nSPS) is 34.8. The summed E-state index contributed by atoms with van der Waals surface area (Å²) in [5.74, 6) is 0. The van der Waals surface area contributed by atoms with Crippen LogP contribution >= 0.6 is 0 Å². The van der Waals surface area contributed by atoms with Gasteiger partial charge < -0.3 is 5.32 Å². The summed E-state index contributed by atoms with van der Waals surface area (Å²) in [6.07, 6.45) is 5.73. The largest absolute Gasteiger partial charge is 0.311 e. The van der Waals surface area contributed by atoms with E-state index in [9.17, 15) is 0 Å². The molecule has 9 heavy (non-hydrogen) atoms. The van der Waals surface area contributed by atoms with Gasteiger partial charge in [0.25, 0.3) is 0 Å². The van der Waals surface area contributed by atoms with Gasteiger partial charge >= 0.3 is 0 Å². The van der Waals surface area contributed by atoms with Crippen molar-refractivity contribution in [2.75, 3.05) is 6.54 Å². The number of rotatable bonds is 2. The van der Waals surface area contributed by atoms with Gasteiger partial charge in [0.1, 0.15) is 0 Å². The highest BCUT2D eigenvalue weighted by molar-refractivity contribution is 4.93. The lowest BCUT2D eigenvalue weighted by molar-refractivity contribution is 0.421. The lowest BCUT2D eigenvalue weighted by atomic mass is 9.96. The maximum Gasteiger partial charge on any atom is 0.0188 e. The third kappa shape index (κ3) is 1.55. The first-order valence-electron chi connectivity index (χ1n) is 3.63. The summed E-state index contributed by atoms with van der Waals surface area (Å²) in [5.41, 5.74) is 0.377. The Bertz CT molecular complexity index is 101. The molecule has 1 heterocycles. The molecule has 1 nitrogen and oxygen atoms in total. The van der Waals surface area contributed by atoms with E-state index in [-0.39, 0.29) is 0 Å². The molecule has 1 aliphatic heterocycles. The molecule has 0 saturated carbocycles. The fourth-order valence-electron chi connectivity index (χ4n) is 1.45. The van der Waals surface area contributed by atoms with Crippen LogP contribution in [0.15, 0.2) is 12.7 Å². The molecule has 0 radical (unpaired) electrons. The third-order valence-electron chi connectivity index (χ3n) is 2.05. The number of hydrogen-bond donors (Lipinski definition) is 1. The first-order chi connectivity index (χ1) is 4.27. The Morgan fingerprint density at radius 2 is 2.56 bits per heavy atom. The summed E-state index contributed by atoms with van der Waals surface area (Å²) in [6.45, 7) is 7.18. The molecule has 1 fully saturated rings. The van der Waals surface area contributed by atoms with Gasteiger partial charge in [0, 0.05) is 5.54 Å². The topological polar surface area (TPSA) is 12.0 Å². The van der Waals surface area contributed by atoms with E-state index in [4.69, 9.17) is 0 Å². The van der Waals surface area contributed by atoms with Gasteiger partial charge in [-0.2, -0.15) is 0 Å². The SMILES string of the molecule is C=CCC1(C)CCCN1. The second-order valence-corrected chi connectivity index (χ2v) is 3.08. The Morgan fingerprint density at radius 1 is 1.78 bits per heavy atom. The highest BCUT2D eigenvalue weighted by atomic mass is 15.0. The summed E-state index contributed by atoms with van der Waals surface area (Å²) in [6, 6.07) is 0. The minimum absolute atomic E-state index is 0.377. The van der Waals surface area contributed by atoms with E-state index in [1.165, 1.54) is 19.4 Å². The van der Waals surface area contributed by atoms with E-state index in [1.807, 2.05) is 6.08 Å². The van der Waals surface area contributed by atoms with Crippen LogP contribution in [0.25, 0.3) is 0 Å². The summed E-state index contributed by atoms with van der Waals surface area (Å²) >= 11 is 0. The molecule has 0 amide bonds. The van der Waals surface area contributed by atoms with Crippen LogP contribution in [0.1, 0.15) is 26.2 Å². The van der Waals surface area contributed by atoms with E-state index < -0.39 is 0 Å². The Hall–Kier alpha value is -0.300. The van der Waals surface area contributed by atoms with Crippen molar-refractivity contribution < 1.29 is 0 Å². The average Bonchev–Trinajstić information content (AvgIpc) is 2.16. The number of nitrogens with one attached hydrogen (secondary N) is 1. The smallest absolute Gasteiger partial charge is 0.0188 e. The minimum atomic E-state index is 0.377. The molecule has 1 heteroatoms. The van der Waals surface area contributed by atoms with E-state index in [2.05, 4.69) is 18.8 Å². The molecular weight excluding hydrogens is 110 g/mol. The molecule has 1 N–H and O–H groups in total. The summed E-state index contributed by atoms with van der Waals surface area (Å²) < 4.78 is 0. The van der Waals surface area contributed by atoms with Crippen LogP contribution in [0.5, 0.6) is 0 Å². The van der Waals surface area contributed by atoms with Crippen LogP contribution in [0.4, 0.5) is 0 Å². The minimum Gasteiger partial charge on any atom is -0.311 e. The van der Waals surface area contributed by atoms with Crippen LogP contribution in [0.3, 0.4) is 0 Å². The van der Waals surface area contributed by atoms with Gasteiger partial charge in [0.2, 0.25) is 0 Å². The van der Waals surface area contributed by atoms with Gasteiger partial charge in [-0.25, -0.2) is 0 Å². The van der Waals surface area contributed by atoms with Crippen LogP contribution < -0.4 is 5.32 Å². The van der Waals surface area contributed by atoms with E-state index in [0.717, 1.165) is 6.42 Å². The van der Waals surface area contributed by atoms with Crippen molar-refractivity contribution in [1.29, 1.82) is 0 Å². The maximum atomic E-state index is 3.73. The molecule has 1 rings (SSSR count). The fourth-order valence-corrected chi connectivity index (χ4v) is 1.45. The molecule has 1 aliphatic rings. The monoisotopic (exact) mass is 125 g/mol. The van der Waals surface area contributed by atoms with Crippen LogP contribution in [0, 0.1) is 0 Å². The Balaban J connectivity index is 2.40. The van der Waals surface area contributed by atoms with Crippen molar-refractivity contribution in [2.24, 2.45) is 0 Å². The van der Waals surface area contributed by atoms with Gasteiger partial charge in [0.15, 0.2) is 0 Å². The van der Waals surface area contributed by atoms with E-state index in [0.29, 0.717) is 5.54 Å². The summed E-state index contributed by atoms with van der Waals surface area (Å²) in [5, 5.41) is 3.46. The summed E-state index contributed by atoms with van der Waals surface area (Å²) in [4.78, 5) is 0. The van der Waals surface area contributed by atoms with Crippen molar-refractivity contribution in [3.8, 4) is 0 Å². The average molecular weight is 125 g/mol. The van der Waals surface area contributed by atoms with Crippen molar-refractivity contribution in [3.05, 3.63) is 12.7 Å². The van der Waals surface area contributed by atoms with Crippen molar-refractivity contribution in [3.63, 3.8) is 0 Å². The second kappa shape index (κ2) is 2.53. The molecule has 0 aromatic rings. The van der Waals surface area contributed by atoms with Gasteiger partial charge in [-0.15, -0.1) is 6.58 Å². The predicted octanol–water partition coefficient (Wildman–Crippen LogP) is 1.70. The Labute approximate surface area is 57.1 Å². The molecule has 1 unspecified atom stereocenters. The predicted molar refractivity (Wildman–Crippen MR) is 40.5 cm³/mol. The lowest BCUT2D eigenvalue weighted by Crippen LogP contribution is -2.35.